The summed E-state index contributed by atoms with van der Waals surface area (Å²) in [7, 11) is 5.31. The molecule has 0 aromatic rings. The van der Waals surface area contributed by atoms with E-state index in [4.69, 9.17) is 0 Å². The number of hydrogen-bond donors (Lipinski definition) is 0. The maximum absolute atomic E-state index is 4.29. The molecule has 0 bridgehead atoms. The van der Waals surface area contributed by atoms with Crippen molar-refractivity contribution in [2.24, 2.45) is 0 Å². The first-order valence-corrected chi connectivity index (χ1v) is 6.78. The Morgan fingerprint density at radius 3 is 2.00 bits per heavy atom. The van der Waals surface area contributed by atoms with Crippen molar-refractivity contribution in [3.05, 3.63) is 47.2 Å². The maximum atomic E-state index is 4.29. The predicted octanol–water partition coefficient (Wildman–Crippen LogP) is 5.12. The van der Waals surface area contributed by atoms with Crippen LogP contribution in [0.3, 0.4) is 0 Å². The Bertz CT molecular complexity index is 202. The third-order valence-electron chi connectivity index (χ3n) is 2.20. The van der Waals surface area contributed by atoms with E-state index in [1.165, 1.54) is 19.3 Å². The summed E-state index contributed by atoms with van der Waals surface area (Å²) in [4.78, 5) is 0. The van der Waals surface area contributed by atoms with Crippen molar-refractivity contribution in [2.75, 3.05) is 40.8 Å². The van der Waals surface area contributed by atoms with Gasteiger partial charge >= 0.3 is 21.7 Å². The van der Waals surface area contributed by atoms with Gasteiger partial charge in [-0.15, -0.1) is 6.54 Å². The molecule has 0 saturated carbocycles. The first kappa shape index (κ1) is 28.3. The summed E-state index contributed by atoms with van der Waals surface area (Å²) in [6.45, 7) is 7.06. The van der Waals surface area contributed by atoms with Gasteiger partial charge in [-0.05, 0) is 12.8 Å². The molecular formula is C16H33N3Ti. The molecule has 0 radical (unpaired) electrons. The van der Waals surface area contributed by atoms with Crippen LogP contribution in [0.15, 0.2) is 23.8 Å². The van der Waals surface area contributed by atoms with Crippen molar-refractivity contribution < 1.29 is 21.7 Å². The molecule has 1 aliphatic rings. The minimum absolute atomic E-state index is 0. The molecule has 1 rings (SSSR count). The van der Waals surface area contributed by atoms with E-state index in [1.54, 1.807) is 26.7 Å². The fraction of sp³-hybridized carbons (Fsp3) is 0.688. The summed E-state index contributed by atoms with van der Waals surface area (Å²) in [5.41, 5.74) is 1.57. The first-order chi connectivity index (χ1) is 8.76. The van der Waals surface area contributed by atoms with E-state index in [-0.39, 0.29) is 29.1 Å². The van der Waals surface area contributed by atoms with Gasteiger partial charge < -0.3 is 23.4 Å². The fourth-order valence-electron chi connectivity index (χ4n) is 1.25. The third-order valence-corrected chi connectivity index (χ3v) is 2.20. The first-order valence-electron chi connectivity index (χ1n) is 6.78. The van der Waals surface area contributed by atoms with E-state index >= 15 is 0 Å². The second-order valence-corrected chi connectivity index (χ2v) is 3.90. The molecule has 0 aliphatic heterocycles. The SMILES string of the molecule is CC[N-]C.CC[N-]CCCC1=CC=CC1.C[N-]C.[CH3-].[Ti+4]. The van der Waals surface area contributed by atoms with Crippen LogP contribution in [-0.4, -0.2) is 40.8 Å². The summed E-state index contributed by atoms with van der Waals surface area (Å²) in [5.74, 6) is 0. The molecule has 0 heterocycles. The van der Waals surface area contributed by atoms with E-state index in [2.05, 4.69) is 41.1 Å². The average molecular weight is 315 g/mol. The van der Waals surface area contributed by atoms with Crippen LogP contribution in [0.1, 0.15) is 33.1 Å². The second kappa shape index (κ2) is 27.4. The second-order valence-electron chi connectivity index (χ2n) is 3.90. The molecule has 0 N–H and O–H groups in total. The topological polar surface area (TPSA) is 42.3 Å². The van der Waals surface area contributed by atoms with Crippen molar-refractivity contribution in [1.29, 1.82) is 0 Å². The Morgan fingerprint density at radius 2 is 1.65 bits per heavy atom. The van der Waals surface area contributed by atoms with E-state index in [0.717, 1.165) is 19.6 Å². The molecule has 3 nitrogen and oxygen atoms in total. The zero-order chi connectivity index (χ0) is 14.1. The van der Waals surface area contributed by atoms with Gasteiger partial charge in [0, 0.05) is 0 Å². The van der Waals surface area contributed by atoms with Crippen LogP contribution in [0.2, 0.25) is 0 Å². The quantitative estimate of drug-likeness (QED) is 0.371. The summed E-state index contributed by atoms with van der Waals surface area (Å²) < 4.78 is 0. The van der Waals surface area contributed by atoms with Gasteiger partial charge in [-0.3, -0.25) is 0 Å². The van der Waals surface area contributed by atoms with Gasteiger partial charge in [0.15, 0.2) is 0 Å². The predicted molar refractivity (Wildman–Crippen MR) is 91.3 cm³/mol. The molecule has 0 unspecified atom stereocenters. The summed E-state index contributed by atoms with van der Waals surface area (Å²) in [5, 5.41) is 11.5. The molecule has 0 amide bonds. The summed E-state index contributed by atoms with van der Waals surface area (Å²) in [6, 6.07) is 0. The van der Waals surface area contributed by atoms with Crippen molar-refractivity contribution in [3.8, 4) is 0 Å². The number of rotatable bonds is 6. The van der Waals surface area contributed by atoms with E-state index in [0.29, 0.717) is 0 Å². The zero-order valence-electron chi connectivity index (χ0n) is 14.3. The number of nitrogens with zero attached hydrogens (tertiary/aromatic N) is 3. The van der Waals surface area contributed by atoms with Gasteiger partial charge in [0.05, 0.1) is 0 Å². The third kappa shape index (κ3) is 26.6. The zero-order valence-corrected chi connectivity index (χ0v) is 15.9. The van der Waals surface area contributed by atoms with Crippen LogP contribution in [-0.2, 0) is 21.7 Å². The Morgan fingerprint density at radius 1 is 1.10 bits per heavy atom. The molecule has 0 atom stereocenters. The van der Waals surface area contributed by atoms with E-state index in [1.807, 2.05) is 6.92 Å². The summed E-state index contributed by atoms with van der Waals surface area (Å²) in [6.07, 6.45) is 10.2. The molecule has 0 aromatic carbocycles. The van der Waals surface area contributed by atoms with E-state index in [9.17, 15) is 0 Å². The normalized spacial score (nSPS) is 10.9. The van der Waals surface area contributed by atoms with Crippen molar-refractivity contribution >= 4 is 0 Å². The minimum Gasteiger partial charge on any atom is -0.668 e. The van der Waals surface area contributed by atoms with Gasteiger partial charge in [0.1, 0.15) is 0 Å². The van der Waals surface area contributed by atoms with Crippen LogP contribution in [0.4, 0.5) is 0 Å². The fourth-order valence-corrected chi connectivity index (χ4v) is 1.25. The Kier molecular flexibility index (Phi) is 38.8. The van der Waals surface area contributed by atoms with E-state index < -0.39 is 0 Å². The smallest absolute Gasteiger partial charge is 0.668 e. The van der Waals surface area contributed by atoms with Crippen LogP contribution >= 0.6 is 0 Å². The van der Waals surface area contributed by atoms with Crippen molar-refractivity contribution in [3.63, 3.8) is 0 Å². The largest absolute Gasteiger partial charge is 4.00 e. The molecule has 20 heavy (non-hydrogen) atoms. The molecule has 0 aromatic heterocycles. The van der Waals surface area contributed by atoms with Crippen molar-refractivity contribution in [1.82, 2.24) is 0 Å². The van der Waals surface area contributed by atoms with Crippen molar-refractivity contribution in [2.45, 2.75) is 33.1 Å². The van der Waals surface area contributed by atoms with Gasteiger partial charge in [-0.2, -0.15) is 34.2 Å². The standard InChI is InChI=1S/C10H16N.C3H8N.C2H6N.CH3.Ti/c1-2-11-9-5-8-10-6-3-4-7-10;1-3-4-2;1-3-2;;/h3-4,6H,2,5,7-9H2,1H3;3H2,1-2H3;1-2H3;1H3;/q4*-1;+4. The molecular weight excluding hydrogens is 282 g/mol. The van der Waals surface area contributed by atoms with Crippen LogP contribution < -0.4 is 0 Å². The average Bonchev–Trinajstić information content (AvgIpc) is 2.89. The van der Waals surface area contributed by atoms with Gasteiger partial charge in [-0.1, -0.05) is 44.1 Å². The summed E-state index contributed by atoms with van der Waals surface area (Å²) >= 11 is 0. The molecule has 1 aliphatic carbocycles. The molecule has 0 fully saturated rings. The maximum Gasteiger partial charge on any atom is 4.00 e. The van der Waals surface area contributed by atoms with Gasteiger partial charge in [-0.25, -0.2) is 0 Å². The Balaban J connectivity index is -0.000000122. The number of allylic oxidation sites excluding steroid dienone is 4. The molecule has 4 heteroatoms. The van der Waals surface area contributed by atoms with Crippen LogP contribution in [0.25, 0.3) is 16.0 Å². The van der Waals surface area contributed by atoms with Gasteiger partial charge in [0.25, 0.3) is 0 Å². The van der Waals surface area contributed by atoms with Crippen LogP contribution in [0.5, 0.6) is 0 Å². The number of hydrogen-bond acceptors (Lipinski definition) is 0. The van der Waals surface area contributed by atoms with Gasteiger partial charge in [0.2, 0.25) is 0 Å². The van der Waals surface area contributed by atoms with Crippen LogP contribution in [0, 0.1) is 7.43 Å². The Labute approximate surface area is 143 Å². The molecule has 0 spiro atoms. The molecule has 116 valence electrons. The molecule has 0 saturated heterocycles. The Hall–Kier alpha value is 0.0743. The monoisotopic (exact) mass is 315 g/mol. The minimum atomic E-state index is 0.